The summed E-state index contributed by atoms with van der Waals surface area (Å²) < 4.78 is 17.6. The summed E-state index contributed by atoms with van der Waals surface area (Å²) in [4.78, 5) is 20.9. The Morgan fingerprint density at radius 1 is 1.32 bits per heavy atom. The van der Waals surface area contributed by atoms with Gasteiger partial charge in [0.15, 0.2) is 4.83 Å². The Kier molecular flexibility index (Phi) is 5.42. The quantitative estimate of drug-likeness (QED) is 0.689. The fourth-order valence-corrected chi connectivity index (χ4v) is 4.28. The lowest BCUT2D eigenvalue weighted by atomic mass is 9.69. The molecular weight excluding hydrogens is 378 g/mol. The first-order chi connectivity index (χ1) is 13.4. The number of carbonyl (C=O) groups is 1. The Labute approximate surface area is 168 Å². The largest absolute Gasteiger partial charge is 0.477 e. The molecule has 2 aromatic rings. The van der Waals surface area contributed by atoms with E-state index < -0.39 is 0 Å². The predicted octanol–water partition coefficient (Wildman–Crippen LogP) is 3.32. The first-order valence-electron chi connectivity index (χ1n) is 9.84. The summed E-state index contributed by atoms with van der Waals surface area (Å²) in [5, 5.41) is 3.53. The highest BCUT2D eigenvalue weighted by atomic mass is 32.1. The second kappa shape index (κ2) is 7.83. The fourth-order valence-electron chi connectivity index (χ4n) is 3.43. The van der Waals surface area contributed by atoms with Crippen LogP contribution in [0.3, 0.4) is 0 Å². The molecule has 1 amide bonds. The smallest absolute Gasteiger partial charge is 0.276 e. The highest BCUT2D eigenvalue weighted by Gasteiger charge is 2.42. The number of nitrogens with one attached hydrogen (secondary N) is 1. The lowest BCUT2D eigenvalue weighted by Gasteiger charge is -2.44. The van der Waals surface area contributed by atoms with Crippen molar-refractivity contribution in [2.24, 2.45) is 5.41 Å². The molecular formula is C20H27N3O4S. The number of thiazole rings is 1. The van der Waals surface area contributed by atoms with Crippen LogP contribution in [-0.4, -0.2) is 47.3 Å². The molecule has 2 aliphatic rings. The van der Waals surface area contributed by atoms with Gasteiger partial charge in [0.25, 0.3) is 5.19 Å². The number of aromatic nitrogens is 2. The normalized spacial score (nSPS) is 25.2. The summed E-state index contributed by atoms with van der Waals surface area (Å²) in [5.74, 6) is 0.596. The van der Waals surface area contributed by atoms with E-state index in [1.807, 2.05) is 19.1 Å². The van der Waals surface area contributed by atoms with Crippen LogP contribution >= 0.6 is 11.3 Å². The lowest BCUT2D eigenvalue weighted by molar-refractivity contribution is -0.121. The minimum atomic E-state index is -0.0282. The van der Waals surface area contributed by atoms with E-state index in [0.29, 0.717) is 30.4 Å². The van der Waals surface area contributed by atoms with Gasteiger partial charge in [-0.2, -0.15) is 0 Å². The van der Waals surface area contributed by atoms with Gasteiger partial charge in [-0.15, -0.1) is 0 Å². The number of rotatable bonds is 9. The topological polar surface area (TPSA) is 82.6 Å². The summed E-state index contributed by atoms with van der Waals surface area (Å²) in [6.07, 6.45) is 4.69. The molecule has 0 spiro atoms. The number of hydrogen-bond acceptors (Lipinski definition) is 7. The number of fused-ring (bicyclic) bond motifs is 1. The van der Waals surface area contributed by atoms with Gasteiger partial charge in [-0.3, -0.25) is 4.79 Å². The summed E-state index contributed by atoms with van der Waals surface area (Å²) in [6.45, 7) is 6.82. The monoisotopic (exact) mass is 405 g/mol. The molecule has 0 unspecified atom stereocenters. The lowest BCUT2D eigenvalue weighted by Crippen LogP contribution is -2.46. The van der Waals surface area contributed by atoms with Gasteiger partial charge < -0.3 is 19.5 Å². The number of hydrogen-bond donors (Lipinski definition) is 1. The van der Waals surface area contributed by atoms with Crippen LogP contribution < -0.4 is 14.8 Å². The van der Waals surface area contributed by atoms with Crippen molar-refractivity contribution < 1.29 is 19.0 Å². The van der Waals surface area contributed by atoms with Crippen molar-refractivity contribution in [2.75, 3.05) is 13.2 Å². The average Bonchev–Trinajstić information content (AvgIpc) is 3.32. The van der Waals surface area contributed by atoms with Gasteiger partial charge >= 0.3 is 0 Å². The van der Waals surface area contributed by atoms with Crippen LogP contribution in [0, 0.1) is 5.41 Å². The first kappa shape index (κ1) is 19.4. The van der Waals surface area contributed by atoms with Crippen molar-refractivity contribution in [2.45, 2.75) is 64.7 Å². The predicted molar refractivity (Wildman–Crippen MR) is 107 cm³/mol. The Balaban J connectivity index is 1.23. The number of pyridine rings is 1. The van der Waals surface area contributed by atoms with E-state index >= 15 is 0 Å². The molecule has 152 valence electrons. The summed E-state index contributed by atoms with van der Waals surface area (Å²) in [6, 6.07) is 3.84. The number of amides is 1. The average molecular weight is 406 g/mol. The van der Waals surface area contributed by atoms with Crippen molar-refractivity contribution in [1.29, 1.82) is 0 Å². The van der Waals surface area contributed by atoms with Crippen molar-refractivity contribution in [3.63, 3.8) is 0 Å². The maximum atomic E-state index is 11.0. The molecule has 0 radical (unpaired) electrons. The molecule has 0 aromatic carbocycles. The van der Waals surface area contributed by atoms with Crippen molar-refractivity contribution >= 4 is 27.6 Å². The minimum Gasteiger partial charge on any atom is -0.477 e. The molecule has 0 aliphatic heterocycles. The zero-order chi connectivity index (χ0) is 19.7. The molecule has 0 saturated heterocycles. The van der Waals surface area contributed by atoms with Crippen LogP contribution in [0.4, 0.5) is 0 Å². The summed E-state index contributed by atoms with van der Waals surface area (Å²) in [5.41, 5.74) is 0.941. The fraction of sp³-hybridized carbons (Fsp3) is 0.650. The van der Waals surface area contributed by atoms with Crippen LogP contribution in [-0.2, 0) is 9.53 Å². The van der Waals surface area contributed by atoms with Crippen LogP contribution in [0.1, 0.15) is 46.5 Å². The zero-order valence-electron chi connectivity index (χ0n) is 16.6. The number of nitrogens with zero attached hydrogens (tertiary/aromatic N) is 2. The van der Waals surface area contributed by atoms with E-state index in [1.54, 1.807) is 0 Å². The standard InChI is InChI=1S/C20H27N3O4S/c1-12(21-13(2)24)10-25-15-8-20(3,9-15)11-26-17-7-6-16-18(23-17)28-19(22-16)27-14-4-5-14/h6-7,12,14-15H,4-5,8-11H2,1-3H3,(H,21,24)/t12-,15-,20-/m0/s1. The van der Waals surface area contributed by atoms with E-state index in [-0.39, 0.29) is 23.5 Å². The van der Waals surface area contributed by atoms with E-state index in [1.165, 1.54) is 18.3 Å². The Morgan fingerprint density at radius 3 is 2.82 bits per heavy atom. The SMILES string of the molecule is CC(=O)N[C@@H](C)CO[C@H]1C[C@](C)(COc2ccc3nc(OC4CC4)sc3n2)C1. The molecule has 0 bridgehead atoms. The molecule has 1 atom stereocenters. The molecule has 2 aliphatic carbocycles. The molecule has 4 rings (SSSR count). The molecule has 28 heavy (non-hydrogen) atoms. The van der Waals surface area contributed by atoms with Crippen LogP contribution in [0.5, 0.6) is 11.1 Å². The Hall–Kier alpha value is -1.93. The van der Waals surface area contributed by atoms with Crippen molar-refractivity contribution in [3.8, 4) is 11.1 Å². The molecule has 2 heterocycles. The number of ether oxygens (including phenoxy) is 3. The van der Waals surface area contributed by atoms with E-state index in [4.69, 9.17) is 14.2 Å². The third-order valence-corrected chi connectivity index (χ3v) is 5.90. The van der Waals surface area contributed by atoms with Gasteiger partial charge in [0.1, 0.15) is 11.6 Å². The molecule has 8 heteroatoms. The first-order valence-corrected chi connectivity index (χ1v) is 10.7. The van der Waals surface area contributed by atoms with E-state index in [0.717, 1.165) is 36.0 Å². The van der Waals surface area contributed by atoms with Crippen LogP contribution in [0.25, 0.3) is 10.3 Å². The van der Waals surface area contributed by atoms with Crippen LogP contribution in [0.15, 0.2) is 12.1 Å². The Morgan fingerprint density at radius 2 is 2.11 bits per heavy atom. The van der Waals surface area contributed by atoms with E-state index in [9.17, 15) is 4.79 Å². The summed E-state index contributed by atoms with van der Waals surface area (Å²) in [7, 11) is 0. The molecule has 2 saturated carbocycles. The van der Waals surface area contributed by atoms with Gasteiger partial charge in [0.2, 0.25) is 11.8 Å². The van der Waals surface area contributed by atoms with Gasteiger partial charge in [0.05, 0.1) is 19.3 Å². The van der Waals surface area contributed by atoms with E-state index in [2.05, 4.69) is 22.2 Å². The van der Waals surface area contributed by atoms with Crippen LogP contribution in [0.2, 0.25) is 0 Å². The van der Waals surface area contributed by atoms with Gasteiger partial charge in [-0.25, -0.2) is 9.97 Å². The summed E-state index contributed by atoms with van der Waals surface area (Å²) >= 11 is 1.47. The highest BCUT2D eigenvalue weighted by Crippen LogP contribution is 2.43. The Bertz CT molecular complexity index is 845. The molecule has 2 fully saturated rings. The second-order valence-corrected chi connectivity index (χ2v) is 9.28. The maximum absolute atomic E-state index is 11.0. The van der Waals surface area contributed by atoms with Gasteiger partial charge in [-0.1, -0.05) is 18.3 Å². The van der Waals surface area contributed by atoms with Gasteiger partial charge in [0, 0.05) is 24.4 Å². The molecule has 2 aromatic heterocycles. The minimum absolute atomic E-state index is 0.0282. The maximum Gasteiger partial charge on any atom is 0.276 e. The molecule has 1 N–H and O–H groups in total. The van der Waals surface area contributed by atoms with Crippen molar-refractivity contribution in [1.82, 2.24) is 15.3 Å². The zero-order valence-corrected chi connectivity index (χ0v) is 17.4. The van der Waals surface area contributed by atoms with Crippen molar-refractivity contribution in [3.05, 3.63) is 12.1 Å². The van der Waals surface area contributed by atoms with Gasteiger partial charge in [-0.05, 0) is 38.7 Å². The number of carbonyl (C=O) groups excluding carboxylic acids is 1. The third kappa shape index (κ3) is 4.91. The molecule has 7 nitrogen and oxygen atoms in total. The third-order valence-electron chi connectivity index (χ3n) is 5.04. The second-order valence-electron chi connectivity index (χ2n) is 8.34. The highest BCUT2D eigenvalue weighted by molar-refractivity contribution is 7.19.